The summed E-state index contributed by atoms with van der Waals surface area (Å²) in [4.78, 5) is 20.5. The first-order chi connectivity index (χ1) is 12.4. The van der Waals surface area contributed by atoms with E-state index in [1.54, 1.807) is 0 Å². The SMILES string of the molecule is NC1=N[C@](CF)(c2cc(NC(=O)c3ccn(C(F)F)n3)ccn2)CCS1. The van der Waals surface area contributed by atoms with E-state index in [0.29, 0.717) is 28.2 Å². The third-order valence-electron chi connectivity index (χ3n) is 3.85. The van der Waals surface area contributed by atoms with Crippen molar-refractivity contribution in [1.29, 1.82) is 0 Å². The van der Waals surface area contributed by atoms with E-state index >= 15 is 0 Å². The zero-order valence-electron chi connectivity index (χ0n) is 13.4. The Kier molecular flexibility index (Phi) is 5.16. The number of nitrogens with zero attached hydrogens (tertiary/aromatic N) is 4. The van der Waals surface area contributed by atoms with Crippen LogP contribution in [-0.4, -0.2) is 38.3 Å². The number of carbonyl (C=O) groups is 1. The number of anilines is 1. The van der Waals surface area contributed by atoms with Crippen LogP contribution in [0, 0.1) is 0 Å². The number of rotatable bonds is 5. The number of nitrogens with one attached hydrogen (secondary N) is 1. The minimum Gasteiger partial charge on any atom is -0.379 e. The largest absolute Gasteiger partial charge is 0.379 e. The number of thioether (sulfide) groups is 1. The lowest BCUT2D eigenvalue weighted by molar-refractivity contribution is 0.0561. The normalized spacial score (nSPS) is 20.1. The molecule has 0 bridgehead atoms. The Morgan fingerprint density at radius 2 is 2.27 bits per heavy atom. The van der Waals surface area contributed by atoms with Crippen LogP contribution in [0.3, 0.4) is 0 Å². The van der Waals surface area contributed by atoms with Gasteiger partial charge in [0, 0.05) is 23.8 Å². The van der Waals surface area contributed by atoms with Crippen LogP contribution < -0.4 is 11.1 Å². The Bertz CT molecular complexity index is 842. The van der Waals surface area contributed by atoms with Gasteiger partial charge in [-0.3, -0.25) is 9.78 Å². The summed E-state index contributed by atoms with van der Waals surface area (Å²) in [6.07, 6.45) is 2.83. The van der Waals surface area contributed by atoms with E-state index in [1.165, 1.54) is 36.2 Å². The minimum absolute atomic E-state index is 0.166. The van der Waals surface area contributed by atoms with Gasteiger partial charge in [-0.05, 0) is 24.6 Å². The summed E-state index contributed by atoms with van der Waals surface area (Å²) in [5, 5.41) is 6.31. The van der Waals surface area contributed by atoms with E-state index in [2.05, 4.69) is 20.4 Å². The van der Waals surface area contributed by atoms with Crippen molar-refractivity contribution in [3.05, 3.63) is 42.0 Å². The summed E-state index contributed by atoms with van der Waals surface area (Å²) in [7, 11) is 0. The second kappa shape index (κ2) is 7.36. The van der Waals surface area contributed by atoms with Crippen LogP contribution in [0.5, 0.6) is 0 Å². The standard InChI is InChI=1S/C15H15F3N6OS/c16-8-15(3-6-26-14(19)22-15)11-7-9(1-4-20-11)21-12(25)10-2-5-24(23-10)13(17)18/h1-2,4-5,7,13H,3,6,8H2,(H2,19,22)(H,20,21,25)/t15-/m1/s1. The number of carbonyl (C=O) groups excluding carboxylic acids is 1. The van der Waals surface area contributed by atoms with Crippen molar-refractivity contribution < 1.29 is 18.0 Å². The quantitative estimate of drug-likeness (QED) is 0.826. The molecule has 0 unspecified atom stereocenters. The van der Waals surface area contributed by atoms with Gasteiger partial charge in [-0.15, -0.1) is 0 Å². The van der Waals surface area contributed by atoms with Gasteiger partial charge in [-0.25, -0.2) is 14.1 Å². The average molecular weight is 384 g/mol. The summed E-state index contributed by atoms with van der Waals surface area (Å²) in [6.45, 7) is -3.61. The lowest BCUT2D eigenvalue weighted by Gasteiger charge is -2.30. The second-order valence-corrected chi connectivity index (χ2v) is 6.67. The van der Waals surface area contributed by atoms with E-state index in [9.17, 15) is 18.0 Å². The molecule has 0 aliphatic carbocycles. The monoisotopic (exact) mass is 384 g/mol. The number of hydrogen-bond acceptors (Lipinski definition) is 6. The molecule has 11 heteroatoms. The highest BCUT2D eigenvalue weighted by Crippen LogP contribution is 2.35. The minimum atomic E-state index is -2.83. The number of hydrogen-bond donors (Lipinski definition) is 2. The zero-order valence-corrected chi connectivity index (χ0v) is 14.2. The molecule has 3 heterocycles. The third kappa shape index (κ3) is 3.66. The van der Waals surface area contributed by atoms with Crippen LogP contribution >= 0.6 is 11.8 Å². The number of alkyl halides is 3. The first kappa shape index (κ1) is 18.2. The molecule has 2 aromatic rings. The predicted octanol–water partition coefficient (Wildman–Crippen LogP) is 2.54. The van der Waals surface area contributed by atoms with Crippen molar-refractivity contribution in [2.45, 2.75) is 18.5 Å². The molecule has 1 atom stereocenters. The molecule has 1 aliphatic heterocycles. The Balaban J connectivity index is 1.83. The number of amidine groups is 1. The van der Waals surface area contributed by atoms with Gasteiger partial charge in [-0.1, -0.05) is 11.8 Å². The lowest BCUT2D eigenvalue weighted by Crippen LogP contribution is -2.34. The number of aromatic nitrogens is 3. The Labute approximate surface area is 150 Å². The van der Waals surface area contributed by atoms with Gasteiger partial charge < -0.3 is 11.1 Å². The van der Waals surface area contributed by atoms with Crippen LogP contribution in [-0.2, 0) is 5.54 Å². The molecule has 2 aromatic heterocycles. The Morgan fingerprint density at radius 1 is 1.46 bits per heavy atom. The maximum atomic E-state index is 13.7. The van der Waals surface area contributed by atoms with Crippen molar-refractivity contribution in [3.63, 3.8) is 0 Å². The fourth-order valence-electron chi connectivity index (χ4n) is 2.50. The molecule has 3 rings (SSSR count). The van der Waals surface area contributed by atoms with E-state index < -0.39 is 24.7 Å². The van der Waals surface area contributed by atoms with Crippen molar-refractivity contribution in [1.82, 2.24) is 14.8 Å². The molecule has 0 spiro atoms. The topological polar surface area (TPSA) is 98.2 Å². The predicted molar refractivity (Wildman–Crippen MR) is 92.0 cm³/mol. The van der Waals surface area contributed by atoms with Crippen LogP contribution in [0.2, 0.25) is 0 Å². The highest BCUT2D eigenvalue weighted by atomic mass is 32.2. The molecule has 0 radical (unpaired) electrons. The third-order valence-corrected chi connectivity index (χ3v) is 4.64. The molecule has 138 valence electrons. The van der Waals surface area contributed by atoms with Crippen LogP contribution in [0.4, 0.5) is 18.9 Å². The highest BCUT2D eigenvalue weighted by Gasteiger charge is 2.36. The van der Waals surface area contributed by atoms with Crippen molar-refractivity contribution in [2.75, 3.05) is 17.7 Å². The average Bonchev–Trinajstić information content (AvgIpc) is 3.12. The van der Waals surface area contributed by atoms with Gasteiger partial charge >= 0.3 is 6.55 Å². The lowest BCUT2D eigenvalue weighted by atomic mass is 9.93. The Hall–Kier alpha value is -2.56. The first-order valence-corrected chi connectivity index (χ1v) is 8.57. The zero-order chi connectivity index (χ0) is 18.7. The molecule has 0 fully saturated rings. The van der Waals surface area contributed by atoms with E-state index in [4.69, 9.17) is 5.73 Å². The van der Waals surface area contributed by atoms with Crippen LogP contribution in [0.25, 0.3) is 0 Å². The number of pyridine rings is 1. The Morgan fingerprint density at radius 3 is 2.92 bits per heavy atom. The van der Waals surface area contributed by atoms with Gasteiger partial charge in [0.05, 0.1) is 5.69 Å². The fraction of sp³-hybridized carbons (Fsp3) is 0.333. The van der Waals surface area contributed by atoms with Gasteiger partial charge in [0.15, 0.2) is 10.9 Å². The smallest absolute Gasteiger partial charge is 0.333 e. The summed E-state index contributed by atoms with van der Waals surface area (Å²) in [5.74, 6) is -0.0687. The summed E-state index contributed by atoms with van der Waals surface area (Å²) in [5.41, 5.74) is 5.03. The molecular weight excluding hydrogens is 369 g/mol. The van der Waals surface area contributed by atoms with Gasteiger partial charge in [-0.2, -0.15) is 13.9 Å². The number of amides is 1. The number of halogens is 3. The van der Waals surface area contributed by atoms with E-state index in [0.717, 1.165) is 6.20 Å². The summed E-state index contributed by atoms with van der Waals surface area (Å²) >= 11 is 1.34. The maximum Gasteiger partial charge on any atom is 0.333 e. The van der Waals surface area contributed by atoms with E-state index in [1.807, 2.05) is 0 Å². The van der Waals surface area contributed by atoms with Crippen LogP contribution in [0.15, 0.2) is 35.6 Å². The summed E-state index contributed by atoms with van der Waals surface area (Å²) < 4.78 is 39.2. The highest BCUT2D eigenvalue weighted by molar-refractivity contribution is 8.13. The molecule has 3 N–H and O–H groups in total. The maximum absolute atomic E-state index is 13.7. The molecule has 1 amide bonds. The van der Waals surface area contributed by atoms with Gasteiger partial charge in [0.2, 0.25) is 0 Å². The summed E-state index contributed by atoms with van der Waals surface area (Å²) in [6, 6.07) is 4.17. The van der Waals surface area contributed by atoms with E-state index in [-0.39, 0.29) is 10.9 Å². The van der Waals surface area contributed by atoms with Crippen molar-refractivity contribution in [3.8, 4) is 0 Å². The first-order valence-electron chi connectivity index (χ1n) is 7.59. The molecule has 0 aromatic carbocycles. The number of nitrogens with two attached hydrogens (primary N) is 1. The molecule has 26 heavy (non-hydrogen) atoms. The van der Waals surface area contributed by atoms with Gasteiger partial charge in [0.25, 0.3) is 5.91 Å². The molecule has 0 saturated heterocycles. The molecule has 1 aliphatic rings. The second-order valence-electron chi connectivity index (χ2n) is 5.56. The molecule has 7 nitrogen and oxygen atoms in total. The fourth-order valence-corrected chi connectivity index (χ4v) is 3.39. The van der Waals surface area contributed by atoms with Gasteiger partial charge in [0.1, 0.15) is 12.2 Å². The van der Waals surface area contributed by atoms with Crippen molar-refractivity contribution >= 4 is 28.5 Å². The number of aliphatic imine (C=N–C) groups is 1. The van der Waals surface area contributed by atoms with Crippen molar-refractivity contribution in [2.24, 2.45) is 10.7 Å². The molecule has 0 saturated carbocycles. The molecular formula is C15H15F3N6OS. The van der Waals surface area contributed by atoms with Crippen LogP contribution in [0.1, 0.15) is 29.2 Å².